The third-order valence-electron chi connectivity index (χ3n) is 3.22. The topological polar surface area (TPSA) is 108 Å². The number of H-pyrrole nitrogens is 1. The summed E-state index contributed by atoms with van der Waals surface area (Å²) >= 11 is 0. The number of carbonyl (C=O) groups is 2. The highest BCUT2D eigenvalue weighted by molar-refractivity contribution is 7.89. The zero-order valence-electron chi connectivity index (χ0n) is 13.3. The van der Waals surface area contributed by atoms with Crippen LogP contribution >= 0.6 is 0 Å². The molecular formula is C15H14F3N3O4S. The number of anilines is 1. The lowest BCUT2D eigenvalue weighted by atomic mass is 10.2. The van der Waals surface area contributed by atoms with Crippen LogP contribution in [0.3, 0.4) is 0 Å². The van der Waals surface area contributed by atoms with E-state index in [0.717, 1.165) is 12.1 Å². The number of alkyl halides is 3. The summed E-state index contributed by atoms with van der Waals surface area (Å²) < 4.78 is 61.3. The molecule has 0 aliphatic rings. The van der Waals surface area contributed by atoms with Gasteiger partial charge in [-0.2, -0.15) is 13.2 Å². The average Bonchev–Trinajstić information content (AvgIpc) is 3.03. The molecule has 1 aromatic heterocycles. The summed E-state index contributed by atoms with van der Waals surface area (Å²) in [6.45, 7) is -0.337. The van der Waals surface area contributed by atoms with Gasteiger partial charge in [0.2, 0.25) is 10.0 Å². The van der Waals surface area contributed by atoms with Crippen molar-refractivity contribution >= 4 is 27.4 Å². The quantitative estimate of drug-likeness (QED) is 0.659. The van der Waals surface area contributed by atoms with Gasteiger partial charge < -0.3 is 10.3 Å². The van der Waals surface area contributed by atoms with Crippen molar-refractivity contribution < 1.29 is 31.2 Å². The Morgan fingerprint density at radius 3 is 2.27 bits per heavy atom. The number of amides is 1. The Bertz CT molecular complexity index is 918. The molecule has 0 aliphatic heterocycles. The van der Waals surface area contributed by atoms with E-state index in [-0.39, 0.29) is 22.1 Å². The number of sulfonamides is 1. The van der Waals surface area contributed by atoms with E-state index >= 15 is 0 Å². The summed E-state index contributed by atoms with van der Waals surface area (Å²) in [6, 6.07) is 5.94. The van der Waals surface area contributed by atoms with Gasteiger partial charge in [-0.25, -0.2) is 13.1 Å². The normalized spacial score (nSPS) is 12.0. The molecule has 2 aromatic rings. The molecule has 2 rings (SSSR count). The molecule has 7 nitrogen and oxygen atoms in total. The third kappa shape index (κ3) is 5.17. The van der Waals surface area contributed by atoms with Gasteiger partial charge in [-0.05, 0) is 37.3 Å². The number of aromatic amines is 1. The van der Waals surface area contributed by atoms with Gasteiger partial charge in [-0.1, -0.05) is 0 Å². The average molecular weight is 389 g/mol. The van der Waals surface area contributed by atoms with Gasteiger partial charge in [0.25, 0.3) is 5.91 Å². The van der Waals surface area contributed by atoms with Crippen LogP contribution in [0.25, 0.3) is 0 Å². The number of benzene rings is 1. The van der Waals surface area contributed by atoms with Crippen molar-refractivity contribution in [2.45, 2.75) is 18.0 Å². The van der Waals surface area contributed by atoms with Crippen LogP contribution in [-0.2, 0) is 10.0 Å². The Hall–Kier alpha value is -2.66. The van der Waals surface area contributed by atoms with Crippen molar-refractivity contribution in [2.75, 3.05) is 11.9 Å². The number of rotatable bonds is 6. The van der Waals surface area contributed by atoms with E-state index in [2.05, 4.69) is 10.3 Å². The van der Waals surface area contributed by atoms with E-state index in [9.17, 15) is 31.2 Å². The second kappa shape index (κ2) is 7.30. The van der Waals surface area contributed by atoms with Gasteiger partial charge in [-0.3, -0.25) is 9.59 Å². The minimum Gasteiger partial charge on any atom is -0.356 e. The largest absolute Gasteiger partial charge is 0.402 e. The van der Waals surface area contributed by atoms with Crippen molar-refractivity contribution in [3.8, 4) is 0 Å². The first kappa shape index (κ1) is 19.7. The van der Waals surface area contributed by atoms with Gasteiger partial charge in [0.1, 0.15) is 12.2 Å². The number of nitrogens with one attached hydrogen (secondary N) is 3. The van der Waals surface area contributed by atoms with Gasteiger partial charge in [0.05, 0.1) is 4.90 Å². The van der Waals surface area contributed by atoms with E-state index in [1.165, 1.54) is 36.0 Å². The fraction of sp³-hybridized carbons (Fsp3) is 0.200. The lowest BCUT2D eigenvalue weighted by Crippen LogP contribution is -2.33. The van der Waals surface area contributed by atoms with Crippen LogP contribution in [0.4, 0.5) is 18.9 Å². The molecule has 1 amide bonds. The molecule has 26 heavy (non-hydrogen) atoms. The molecule has 3 N–H and O–H groups in total. The van der Waals surface area contributed by atoms with Crippen molar-refractivity contribution in [3.63, 3.8) is 0 Å². The number of hydrogen-bond donors (Lipinski definition) is 3. The van der Waals surface area contributed by atoms with Crippen LogP contribution in [0.2, 0.25) is 0 Å². The smallest absolute Gasteiger partial charge is 0.356 e. The number of halogens is 3. The molecule has 0 radical (unpaired) electrons. The molecule has 0 saturated carbocycles. The summed E-state index contributed by atoms with van der Waals surface area (Å²) in [7, 11) is -4.32. The Morgan fingerprint density at radius 2 is 1.77 bits per heavy atom. The van der Waals surface area contributed by atoms with Gasteiger partial charge in [0, 0.05) is 17.4 Å². The van der Waals surface area contributed by atoms with E-state index in [4.69, 9.17) is 0 Å². The maximum absolute atomic E-state index is 12.1. The molecule has 0 atom stereocenters. The molecule has 0 unspecified atom stereocenters. The Labute approximate surface area is 146 Å². The monoisotopic (exact) mass is 389 g/mol. The summed E-state index contributed by atoms with van der Waals surface area (Å²) in [5, 5.41) is 2.47. The Kier molecular flexibility index (Phi) is 5.52. The zero-order chi connectivity index (χ0) is 19.5. The second-order valence-electron chi connectivity index (χ2n) is 5.28. The van der Waals surface area contributed by atoms with E-state index in [1.807, 2.05) is 0 Å². The minimum atomic E-state index is -4.67. The van der Waals surface area contributed by atoms with Gasteiger partial charge >= 0.3 is 6.18 Å². The molecule has 1 aromatic carbocycles. The van der Waals surface area contributed by atoms with Crippen LogP contribution in [0.1, 0.15) is 27.8 Å². The van der Waals surface area contributed by atoms with E-state index in [1.54, 1.807) is 0 Å². The number of ketones is 1. The first-order chi connectivity index (χ1) is 12.0. The molecule has 0 fully saturated rings. The molecule has 0 aliphatic carbocycles. The lowest BCUT2D eigenvalue weighted by Gasteiger charge is -2.10. The predicted molar refractivity (Wildman–Crippen MR) is 86.4 cm³/mol. The lowest BCUT2D eigenvalue weighted by molar-refractivity contribution is -0.121. The summed E-state index contributed by atoms with van der Waals surface area (Å²) in [6.07, 6.45) is -3.30. The van der Waals surface area contributed by atoms with Crippen molar-refractivity contribution in [2.24, 2.45) is 0 Å². The number of hydrogen-bond acceptors (Lipinski definition) is 4. The minimum absolute atomic E-state index is 0.124. The first-order valence-electron chi connectivity index (χ1n) is 7.15. The summed E-state index contributed by atoms with van der Waals surface area (Å²) in [4.78, 5) is 25.5. The molecule has 1 heterocycles. The first-order valence-corrected chi connectivity index (χ1v) is 8.63. The maximum Gasteiger partial charge on any atom is 0.402 e. The SMILES string of the molecule is CC(=O)c1c[nH]c(C(=O)Nc2ccc(S(=O)(=O)NCC(F)(F)F)cc2)c1. The maximum atomic E-state index is 12.1. The Morgan fingerprint density at radius 1 is 1.15 bits per heavy atom. The van der Waals surface area contributed by atoms with E-state index < -0.39 is 28.7 Å². The van der Waals surface area contributed by atoms with Crippen LogP contribution in [0, 0.1) is 0 Å². The van der Waals surface area contributed by atoms with E-state index in [0.29, 0.717) is 5.56 Å². The standard InChI is InChI=1S/C15H14F3N3O4S/c1-9(22)10-6-13(19-7-10)14(23)21-11-2-4-12(5-3-11)26(24,25)20-8-15(16,17)18/h2-7,19-20H,8H2,1H3,(H,21,23). The molecule has 140 valence electrons. The van der Waals surface area contributed by atoms with Crippen molar-refractivity contribution in [1.29, 1.82) is 0 Å². The number of carbonyl (C=O) groups excluding carboxylic acids is 2. The number of aromatic nitrogens is 1. The second-order valence-corrected chi connectivity index (χ2v) is 7.04. The highest BCUT2D eigenvalue weighted by Crippen LogP contribution is 2.17. The fourth-order valence-electron chi connectivity index (χ4n) is 1.90. The zero-order valence-corrected chi connectivity index (χ0v) is 14.2. The molecule has 11 heteroatoms. The highest BCUT2D eigenvalue weighted by Gasteiger charge is 2.30. The Balaban J connectivity index is 2.06. The summed E-state index contributed by atoms with van der Waals surface area (Å²) in [5.74, 6) is -0.787. The summed E-state index contributed by atoms with van der Waals surface area (Å²) in [5.41, 5.74) is 0.676. The molecular weight excluding hydrogens is 375 g/mol. The molecule has 0 spiro atoms. The molecule has 0 saturated heterocycles. The predicted octanol–water partition coefficient (Wildman–Crippen LogP) is 2.31. The van der Waals surface area contributed by atoms with Crippen LogP contribution in [0.15, 0.2) is 41.4 Å². The van der Waals surface area contributed by atoms with Crippen LogP contribution in [0.5, 0.6) is 0 Å². The fourth-order valence-corrected chi connectivity index (χ4v) is 2.92. The number of Topliss-reactive ketones (excluding diaryl/α,β-unsaturated/α-hetero) is 1. The van der Waals surface area contributed by atoms with Crippen molar-refractivity contribution in [1.82, 2.24) is 9.71 Å². The van der Waals surface area contributed by atoms with Gasteiger partial charge in [0.15, 0.2) is 5.78 Å². The van der Waals surface area contributed by atoms with Crippen LogP contribution < -0.4 is 10.0 Å². The van der Waals surface area contributed by atoms with Crippen molar-refractivity contribution in [3.05, 3.63) is 47.8 Å². The highest BCUT2D eigenvalue weighted by atomic mass is 32.2. The van der Waals surface area contributed by atoms with Crippen LogP contribution in [-0.4, -0.2) is 37.8 Å². The molecule has 0 bridgehead atoms. The third-order valence-corrected chi connectivity index (χ3v) is 4.64. The van der Waals surface area contributed by atoms with Gasteiger partial charge in [-0.15, -0.1) is 0 Å².